The number of alkyl halides is 3. The number of hydrogen-bond donors (Lipinski definition) is 0. The number of halogens is 5. The normalized spacial score (nSPS) is 11.3. The van der Waals surface area contributed by atoms with Crippen LogP contribution in [0.2, 0.25) is 10.0 Å². The SMILES string of the molecule is CC(=O)Cc1cc(OC(F)(F)F)c(Cl)cc1C(=O)c1ccc(Cl)cc1. The summed E-state index contributed by atoms with van der Waals surface area (Å²) in [6, 6.07) is 7.97. The van der Waals surface area contributed by atoms with Gasteiger partial charge in [0.15, 0.2) is 5.78 Å². The van der Waals surface area contributed by atoms with Crippen molar-refractivity contribution >= 4 is 34.8 Å². The highest BCUT2D eigenvalue weighted by atomic mass is 35.5. The zero-order valence-corrected chi connectivity index (χ0v) is 14.3. The van der Waals surface area contributed by atoms with Crippen LogP contribution >= 0.6 is 23.2 Å². The number of carbonyl (C=O) groups excluding carboxylic acids is 2. The van der Waals surface area contributed by atoms with E-state index >= 15 is 0 Å². The lowest BCUT2D eigenvalue weighted by Gasteiger charge is -2.14. The molecule has 0 heterocycles. The summed E-state index contributed by atoms with van der Waals surface area (Å²) in [5, 5.41) is 0.0365. The Labute approximate surface area is 151 Å². The van der Waals surface area contributed by atoms with E-state index in [0.29, 0.717) is 5.02 Å². The quantitative estimate of drug-likeness (QED) is 0.654. The summed E-state index contributed by atoms with van der Waals surface area (Å²) in [6.07, 6.45) is -5.18. The fraction of sp³-hybridized carbons (Fsp3) is 0.176. The highest BCUT2D eigenvalue weighted by Gasteiger charge is 2.32. The lowest BCUT2D eigenvalue weighted by molar-refractivity contribution is -0.274. The molecule has 0 bridgehead atoms. The Kier molecular flexibility index (Phi) is 5.75. The van der Waals surface area contributed by atoms with Gasteiger partial charge in [-0.3, -0.25) is 9.59 Å². The van der Waals surface area contributed by atoms with E-state index in [4.69, 9.17) is 23.2 Å². The first-order valence-electron chi connectivity index (χ1n) is 6.94. The molecule has 0 fully saturated rings. The van der Waals surface area contributed by atoms with Crippen molar-refractivity contribution in [2.75, 3.05) is 0 Å². The Morgan fingerprint density at radius 1 is 1.08 bits per heavy atom. The Bertz CT molecular complexity index is 815. The van der Waals surface area contributed by atoms with Crippen LogP contribution in [0, 0.1) is 0 Å². The number of carbonyl (C=O) groups is 2. The number of Topliss-reactive ketones (excluding diaryl/α,β-unsaturated/α-hetero) is 1. The Morgan fingerprint density at radius 2 is 1.68 bits per heavy atom. The van der Waals surface area contributed by atoms with Gasteiger partial charge < -0.3 is 4.74 Å². The number of ketones is 2. The van der Waals surface area contributed by atoms with Gasteiger partial charge in [0.1, 0.15) is 11.5 Å². The van der Waals surface area contributed by atoms with Gasteiger partial charge in [0, 0.05) is 22.6 Å². The molecule has 3 nitrogen and oxygen atoms in total. The minimum atomic E-state index is -4.95. The number of benzene rings is 2. The maximum atomic E-state index is 12.6. The van der Waals surface area contributed by atoms with Gasteiger partial charge in [-0.15, -0.1) is 13.2 Å². The van der Waals surface area contributed by atoms with Crippen molar-refractivity contribution < 1.29 is 27.5 Å². The Balaban J connectivity index is 2.51. The molecule has 0 saturated carbocycles. The van der Waals surface area contributed by atoms with E-state index in [1.165, 1.54) is 31.2 Å². The summed E-state index contributed by atoms with van der Waals surface area (Å²) >= 11 is 11.6. The van der Waals surface area contributed by atoms with Crippen molar-refractivity contribution in [3.63, 3.8) is 0 Å². The number of ether oxygens (including phenoxy) is 1. The molecule has 2 aromatic rings. The molecule has 0 atom stereocenters. The van der Waals surface area contributed by atoms with E-state index in [9.17, 15) is 22.8 Å². The second-order valence-electron chi connectivity index (χ2n) is 5.20. The zero-order valence-electron chi connectivity index (χ0n) is 12.8. The van der Waals surface area contributed by atoms with Gasteiger partial charge in [-0.05, 0) is 48.9 Å². The Morgan fingerprint density at radius 3 is 2.20 bits per heavy atom. The van der Waals surface area contributed by atoms with Gasteiger partial charge >= 0.3 is 6.36 Å². The molecule has 0 unspecified atom stereocenters. The Hall–Kier alpha value is -2.05. The van der Waals surface area contributed by atoms with Gasteiger partial charge in [-0.1, -0.05) is 23.2 Å². The molecule has 132 valence electrons. The maximum Gasteiger partial charge on any atom is 0.573 e. The van der Waals surface area contributed by atoms with Crippen molar-refractivity contribution in [3.8, 4) is 5.75 Å². The molecule has 0 N–H and O–H groups in total. The molecule has 0 spiro atoms. The molecular formula is C17H11Cl2F3O3. The predicted octanol–water partition coefficient (Wildman–Crippen LogP) is 5.25. The molecule has 0 saturated heterocycles. The first kappa shape index (κ1) is 19.3. The zero-order chi connectivity index (χ0) is 18.8. The summed E-state index contributed by atoms with van der Waals surface area (Å²) in [5.74, 6) is -1.49. The molecule has 8 heteroatoms. The van der Waals surface area contributed by atoms with E-state index in [2.05, 4.69) is 4.74 Å². The van der Waals surface area contributed by atoms with E-state index in [1.54, 1.807) is 0 Å². The fourth-order valence-electron chi connectivity index (χ4n) is 2.18. The molecule has 0 aromatic heterocycles. The highest BCUT2D eigenvalue weighted by molar-refractivity contribution is 6.33. The third-order valence-corrected chi connectivity index (χ3v) is 3.72. The van der Waals surface area contributed by atoms with Crippen LogP contribution in [0.25, 0.3) is 0 Å². The van der Waals surface area contributed by atoms with Crippen LogP contribution in [0.4, 0.5) is 13.2 Å². The molecule has 0 radical (unpaired) electrons. The van der Waals surface area contributed by atoms with Crippen LogP contribution in [0.15, 0.2) is 36.4 Å². The van der Waals surface area contributed by atoms with Gasteiger partial charge in [0.2, 0.25) is 0 Å². The molecule has 25 heavy (non-hydrogen) atoms. The largest absolute Gasteiger partial charge is 0.573 e. The van der Waals surface area contributed by atoms with Crippen molar-refractivity contribution in [3.05, 3.63) is 63.1 Å². The predicted molar refractivity (Wildman–Crippen MR) is 87.4 cm³/mol. The van der Waals surface area contributed by atoms with Crippen molar-refractivity contribution in [2.45, 2.75) is 19.7 Å². The van der Waals surface area contributed by atoms with Gasteiger partial charge in [0.25, 0.3) is 0 Å². The summed E-state index contributed by atoms with van der Waals surface area (Å²) in [7, 11) is 0. The van der Waals surface area contributed by atoms with Gasteiger partial charge in [0.05, 0.1) is 5.02 Å². The monoisotopic (exact) mass is 390 g/mol. The first-order chi connectivity index (χ1) is 11.6. The van der Waals surface area contributed by atoms with Crippen LogP contribution in [0.1, 0.15) is 28.4 Å². The number of hydrogen-bond acceptors (Lipinski definition) is 3. The van der Waals surface area contributed by atoms with Crippen molar-refractivity contribution in [1.82, 2.24) is 0 Å². The summed E-state index contributed by atoms with van der Waals surface area (Å²) in [5.41, 5.74) is 0.378. The van der Waals surface area contributed by atoms with E-state index in [0.717, 1.165) is 12.1 Å². The standard InChI is InChI=1S/C17H11Cl2F3O3/c1-9(23)6-11-7-15(25-17(20,21)22)14(19)8-13(11)16(24)10-2-4-12(18)5-3-10/h2-5,7-8H,6H2,1H3. The van der Waals surface area contributed by atoms with Crippen molar-refractivity contribution in [1.29, 1.82) is 0 Å². The molecule has 0 amide bonds. The smallest absolute Gasteiger partial charge is 0.404 e. The average Bonchev–Trinajstić information content (AvgIpc) is 2.48. The molecule has 2 aromatic carbocycles. The molecule has 0 aliphatic heterocycles. The summed E-state index contributed by atoms with van der Waals surface area (Å²) in [4.78, 5) is 24.1. The van der Waals surface area contributed by atoms with Crippen LogP contribution < -0.4 is 4.74 Å². The third-order valence-electron chi connectivity index (χ3n) is 3.17. The van der Waals surface area contributed by atoms with E-state index in [1.807, 2.05) is 0 Å². The summed E-state index contributed by atoms with van der Waals surface area (Å²) in [6.45, 7) is 1.26. The minimum Gasteiger partial charge on any atom is -0.404 e. The van der Waals surface area contributed by atoms with E-state index in [-0.39, 0.29) is 33.9 Å². The molecule has 0 aliphatic rings. The van der Waals surface area contributed by atoms with Crippen molar-refractivity contribution in [2.24, 2.45) is 0 Å². The van der Waals surface area contributed by atoms with Crippen LogP contribution in [-0.2, 0) is 11.2 Å². The average molecular weight is 391 g/mol. The summed E-state index contributed by atoms with van der Waals surface area (Å²) < 4.78 is 41.2. The lowest BCUT2D eigenvalue weighted by Crippen LogP contribution is -2.18. The highest BCUT2D eigenvalue weighted by Crippen LogP contribution is 2.34. The molecule has 0 aliphatic carbocycles. The minimum absolute atomic E-state index is 0.0250. The lowest BCUT2D eigenvalue weighted by atomic mass is 9.95. The topological polar surface area (TPSA) is 43.4 Å². The van der Waals surface area contributed by atoms with Gasteiger partial charge in [-0.25, -0.2) is 0 Å². The maximum absolute atomic E-state index is 12.6. The first-order valence-corrected chi connectivity index (χ1v) is 7.70. The van der Waals surface area contributed by atoms with E-state index < -0.39 is 17.9 Å². The van der Waals surface area contributed by atoms with Crippen LogP contribution in [0.3, 0.4) is 0 Å². The fourth-order valence-corrected chi connectivity index (χ4v) is 2.51. The third kappa shape index (κ3) is 5.21. The van der Waals surface area contributed by atoms with Crippen LogP contribution in [-0.4, -0.2) is 17.9 Å². The van der Waals surface area contributed by atoms with Crippen LogP contribution in [0.5, 0.6) is 5.75 Å². The molecular weight excluding hydrogens is 380 g/mol. The second kappa shape index (κ2) is 7.45. The van der Waals surface area contributed by atoms with Gasteiger partial charge in [-0.2, -0.15) is 0 Å². The number of rotatable bonds is 5. The molecule has 2 rings (SSSR count). The second-order valence-corrected chi connectivity index (χ2v) is 6.05.